The molecule has 0 rings (SSSR count). The number of nitrogens with zero attached hydrogens (tertiary/aromatic N) is 1. The fourth-order valence-corrected chi connectivity index (χ4v) is 1.57. The Labute approximate surface area is 90.0 Å². The van der Waals surface area contributed by atoms with E-state index in [1.165, 1.54) is 11.8 Å². The lowest BCUT2D eigenvalue weighted by Crippen LogP contribution is -2.47. The Hall–Kier alpha value is -0.260. The summed E-state index contributed by atoms with van der Waals surface area (Å²) in [5, 5.41) is 12.5. The second-order valence-corrected chi connectivity index (χ2v) is 4.81. The molecule has 0 saturated carbocycles. The summed E-state index contributed by atoms with van der Waals surface area (Å²) in [7, 11) is 3.77. The quantitative estimate of drug-likeness (QED) is 0.650. The van der Waals surface area contributed by atoms with E-state index in [9.17, 15) is 9.90 Å². The van der Waals surface area contributed by atoms with Crippen LogP contribution >= 0.6 is 11.8 Å². The molecule has 0 saturated heterocycles. The van der Waals surface area contributed by atoms with Crippen molar-refractivity contribution >= 4 is 17.7 Å². The van der Waals surface area contributed by atoms with Crippen LogP contribution in [-0.2, 0) is 4.79 Å². The average molecular weight is 220 g/mol. The monoisotopic (exact) mass is 220 g/mol. The molecule has 14 heavy (non-hydrogen) atoms. The molecule has 0 aliphatic carbocycles. The minimum absolute atomic E-state index is 0.0310. The van der Waals surface area contributed by atoms with Gasteiger partial charge in [0.25, 0.3) is 0 Å². The Bertz CT molecular complexity index is 184. The first-order chi connectivity index (χ1) is 6.37. The van der Waals surface area contributed by atoms with Crippen molar-refractivity contribution in [3.05, 3.63) is 0 Å². The van der Waals surface area contributed by atoms with Gasteiger partial charge in [-0.1, -0.05) is 0 Å². The van der Waals surface area contributed by atoms with Gasteiger partial charge in [0.2, 0.25) is 5.91 Å². The molecule has 1 atom stereocenters. The van der Waals surface area contributed by atoms with E-state index in [1.54, 1.807) is 6.92 Å². The zero-order valence-electron chi connectivity index (χ0n) is 9.33. The maximum atomic E-state index is 11.1. The number of likely N-dealkylation sites (N-methyl/N-ethyl adjacent to an activating group) is 1. The zero-order valence-corrected chi connectivity index (χ0v) is 10.1. The molecule has 4 nitrogen and oxygen atoms in total. The summed E-state index contributed by atoms with van der Waals surface area (Å²) in [6.07, 6.45) is 1.87. The highest BCUT2D eigenvalue weighted by atomic mass is 32.2. The summed E-state index contributed by atoms with van der Waals surface area (Å²) in [5.41, 5.74) is -0.864. The van der Waals surface area contributed by atoms with Crippen LogP contribution in [0.1, 0.15) is 6.92 Å². The summed E-state index contributed by atoms with van der Waals surface area (Å²) in [6.45, 7) is 2.55. The van der Waals surface area contributed by atoms with Gasteiger partial charge in [0, 0.05) is 13.1 Å². The van der Waals surface area contributed by atoms with Gasteiger partial charge in [0.1, 0.15) is 0 Å². The van der Waals surface area contributed by atoms with Gasteiger partial charge >= 0.3 is 0 Å². The standard InChI is InChI=1S/C9H20N2O2S/c1-9(13,7-11(2)3)6-10-8(12)5-14-4/h13H,5-7H2,1-4H3,(H,10,12). The molecule has 0 radical (unpaired) electrons. The lowest BCUT2D eigenvalue weighted by molar-refractivity contribution is -0.119. The Morgan fingerprint density at radius 3 is 2.57 bits per heavy atom. The van der Waals surface area contributed by atoms with Gasteiger partial charge in [-0.25, -0.2) is 0 Å². The molecule has 0 aromatic carbocycles. The van der Waals surface area contributed by atoms with E-state index < -0.39 is 5.60 Å². The first-order valence-corrected chi connectivity index (χ1v) is 5.89. The third-order valence-electron chi connectivity index (χ3n) is 1.60. The third kappa shape index (κ3) is 7.17. The van der Waals surface area contributed by atoms with E-state index in [0.29, 0.717) is 18.8 Å². The maximum Gasteiger partial charge on any atom is 0.230 e. The van der Waals surface area contributed by atoms with Crippen LogP contribution in [0.4, 0.5) is 0 Å². The fourth-order valence-electron chi connectivity index (χ4n) is 1.21. The molecular weight excluding hydrogens is 200 g/mol. The number of hydrogen-bond acceptors (Lipinski definition) is 4. The summed E-state index contributed by atoms with van der Waals surface area (Å²) in [6, 6.07) is 0. The van der Waals surface area contributed by atoms with Crippen molar-refractivity contribution in [3.8, 4) is 0 Å². The number of rotatable bonds is 6. The summed E-state index contributed by atoms with van der Waals surface area (Å²) < 4.78 is 0. The van der Waals surface area contributed by atoms with Crippen LogP contribution in [0.5, 0.6) is 0 Å². The van der Waals surface area contributed by atoms with Crippen molar-refractivity contribution in [1.29, 1.82) is 0 Å². The van der Waals surface area contributed by atoms with Crippen molar-refractivity contribution in [2.45, 2.75) is 12.5 Å². The van der Waals surface area contributed by atoms with Gasteiger partial charge in [-0.3, -0.25) is 4.79 Å². The highest BCUT2D eigenvalue weighted by Crippen LogP contribution is 2.02. The first kappa shape index (κ1) is 13.7. The molecule has 0 aromatic heterocycles. The SMILES string of the molecule is CSCC(=O)NCC(C)(O)CN(C)C. The number of carbonyl (C=O) groups excluding carboxylic acids is 1. The summed E-state index contributed by atoms with van der Waals surface area (Å²) in [4.78, 5) is 13.0. The molecule has 0 fully saturated rings. The lowest BCUT2D eigenvalue weighted by Gasteiger charge is -2.26. The minimum Gasteiger partial charge on any atom is -0.387 e. The van der Waals surface area contributed by atoms with E-state index in [-0.39, 0.29) is 5.91 Å². The van der Waals surface area contributed by atoms with E-state index in [4.69, 9.17) is 0 Å². The smallest absolute Gasteiger partial charge is 0.230 e. The molecule has 1 amide bonds. The van der Waals surface area contributed by atoms with Crippen molar-refractivity contribution < 1.29 is 9.90 Å². The van der Waals surface area contributed by atoms with Crippen LogP contribution in [0, 0.1) is 0 Å². The molecule has 0 aromatic rings. The van der Waals surface area contributed by atoms with Gasteiger partial charge in [-0.15, -0.1) is 0 Å². The van der Waals surface area contributed by atoms with Crippen molar-refractivity contribution in [2.24, 2.45) is 0 Å². The highest BCUT2D eigenvalue weighted by Gasteiger charge is 2.21. The number of thioether (sulfide) groups is 1. The highest BCUT2D eigenvalue weighted by molar-refractivity contribution is 7.99. The topological polar surface area (TPSA) is 52.6 Å². The van der Waals surface area contributed by atoms with Crippen LogP contribution in [0.15, 0.2) is 0 Å². The molecule has 0 aliphatic rings. The Morgan fingerprint density at radius 2 is 2.14 bits per heavy atom. The zero-order chi connectivity index (χ0) is 11.2. The first-order valence-electron chi connectivity index (χ1n) is 4.50. The lowest BCUT2D eigenvalue weighted by atomic mass is 10.1. The van der Waals surface area contributed by atoms with E-state index in [0.717, 1.165) is 0 Å². The molecule has 0 heterocycles. The largest absolute Gasteiger partial charge is 0.387 e. The number of hydrogen-bond donors (Lipinski definition) is 2. The predicted octanol–water partition coefficient (Wildman–Crippen LogP) is -0.222. The van der Waals surface area contributed by atoms with Gasteiger partial charge in [-0.05, 0) is 27.3 Å². The average Bonchev–Trinajstić information content (AvgIpc) is 1.99. The second kappa shape index (κ2) is 6.27. The van der Waals surface area contributed by atoms with Gasteiger partial charge in [0.15, 0.2) is 0 Å². The van der Waals surface area contributed by atoms with Crippen LogP contribution in [0.25, 0.3) is 0 Å². The van der Waals surface area contributed by atoms with Gasteiger partial charge in [-0.2, -0.15) is 11.8 Å². The minimum atomic E-state index is -0.864. The number of nitrogens with one attached hydrogen (secondary N) is 1. The van der Waals surface area contributed by atoms with Crippen molar-refractivity contribution in [1.82, 2.24) is 10.2 Å². The van der Waals surface area contributed by atoms with Crippen LogP contribution in [-0.4, -0.2) is 60.7 Å². The molecular formula is C9H20N2O2S. The summed E-state index contributed by atoms with van der Waals surface area (Å²) in [5.74, 6) is 0.412. The van der Waals surface area contributed by atoms with Gasteiger partial charge < -0.3 is 15.3 Å². The number of aliphatic hydroxyl groups is 1. The third-order valence-corrected chi connectivity index (χ3v) is 2.15. The molecule has 2 N–H and O–H groups in total. The number of carbonyl (C=O) groups is 1. The Balaban J connectivity index is 3.80. The molecule has 84 valence electrons. The van der Waals surface area contributed by atoms with Gasteiger partial charge in [0.05, 0.1) is 11.4 Å². The van der Waals surface area contributed by atoms with Crippen LogP contribution < -0.4 is 5.32 Å². The molecule has 0 spiro atoms. The molecule has 0 aliphatic heterocycles. The van der Waals surface area contributed by atoms with E-state index in [2.05, 4.69) is 5.32 Å². The molecule has 0 bridgehead atoms. The maximum absolute atomic E-state index is 11.1. The van der Waals surface area contributed by atoms with Crippen LogP contribution in [0.2, 0.25) is 0 Å². The molecule has 5 heteroatoms. The fraction of sp³-hybridized carbons (Fsp3) is 0.889. The van der Waals surface area contributed by atoms with E-state index >= 15 is 0 Å². The summed E-state index contributed by atoms with van der Waals surface area (Å²) >= 11 is 1.47. The van der Waals surface area contributed by atoms with Crippen molar-refractivity contribution in [2.75, 3.05) is 39.2 Å². The molecule has 1 unspecified atom stereocenters. The van der Waals surface area contributed by atoms with Crippen molar-refractivity contribution in [3.63, 3.8) is 0 Å². The normalized spacial score (nSPS) is 15.3. The number of amides is 1. The predicted molar refractivity (Wildman–Crippen MR) is 60.6 cm³/mol. The van der Waals surface area contributed by atoms with E-state index in [1.807, 2.05) is 25.3 Å². The van der Waals surface area contributed by atoms with Crippen LogP contribution in [0.3, 0.4) is 0 Å². The Morgan fingerprint density at radius 1 is 1.57 bits per heavy atom. The second-order valence-electron chi connectivity index (χ2n) is 3.94. The Kier molecular flexibility index (Phi) is 6.15.